The number of ether oxygens (including phenoxy) is 2. The third-order valence-electron chi connectivity index (χ3n) is 3.63. The zero-order chi connectivity index (χ0) is 15.7. The molecule has 0 fully saturated rings. The van der Waals surface area contributed by atoms with Crippen LogP contribution in [-0.2, 0) is 6.54 Å². The molecule has 5 heteroatoms. The van der Waals surface area contributed by atoms with E-state index < -0.39 is 0 Å². The molecular formula is C17H15NO4. The minimum atomic E-state index is -0.276. The van der Waals surface area contributed by atoms with Gasteiger partial charge in [-0.15, -0.1) is 0 Å². The van der Waals surface area contributed by atoms with Gasteiger partial charge in [-0.05, 0) is 29.8 Å². The largest absolute Gasteiger partial charge is 0.497 e. The fourth-order valence-electron chi connectivity index (χ4n) is 2.52. The third-order valence-corrected chi connectivity index (χ3v) is 3.63. The summed E-state index contributed by atoms with van der Waals surface area (Å²) in [5.41, 5.74) is 1.66. The second-order valence-electron chi connectivity index (χ2n) is 4.96. The van der Waals surface area contributed by atoms with E-state index >= 15 is 0 Å². The molecule has 0 spiro atoms. The van der Waals surface area contributed by atoms with Gasteiger partial charge in [0.15, 0.2) is 0 Å². The summed E-state index contributed by atoms with van der Waals surface area (Å²) in [7, 11) is 3.11. The number of nitrogens with zero attached hydrogens (tertiary/aromatic N) is 1. The molecule has 0 unspecified atom stereocenters. The summed E-state index contributed by atoms with van der Waals surface area (Å²) < 4.78 is 10.4. The summed E-state index contributed by atoms with van der Waals surface area (Å²) in [5.74, 6) is 0.682. The Morgan fingerprint density at radius 2 is 1.36 bits per heavy atom. The fraction of sp³-hybridized carbons (Fsp3) is 0.176. The number of methoxy groups -OCH3 is 2. The van der Waals surface area contributed by atoms with Gasteiger partial charge in [-0.2, -0.15) is 0 Å². The summed E-state index contributed by atoms with van der Waals surface area (Å²) in [6, 6.07) is 12.2. The molecular weight excluding hydrogens is 282 g/mol. The number of amides is 2. The first-order valence-electron chi connectivity index (χ1n) is 6.81. The van der Waals surface area contributed by atoms with Crippen LogP contribution in [0, 0.1) is 0 Å². The Balaban J connectivity index is 1.92. The normalized spacial score (nSPS) is 13.3. The number of carbonyl (C=O) groups is 2. The molecule has 0 saturated heterocycles. The highest BCUT2D eigenvalue weighted by Crippen LogP contribution is 2.27. The van der Waals surface area contributed by atoms with Crippen LogP contribution in [0.5, 0.6) is 11.5 Å². The smallest absolute Gasteiger partial charge is 0.261 e. The van der Waals surface area contributed by atoms with E-state index in [1.54, 1.807) is 56.7 Å². The molecule has 2 aromatic rings. The van der Waals surface area contributed by atoms with Crippen LogP contribution in [0.15, 0.2) is 42.5 Å². The van der Waals surface area contributed by atoms with Crippen molar-refractivity contribution >= 4 is 11.8 Å². The Hall–Kier alpha value is -2.82. The Morgan fingerprint density at radius 3 is 1.82 bits per heavy atom. The minimum absolute atomic E-state index is 0.180. The predicted octanol–water partition coefficient (Wildman–Crippen LogP) is 2.50. The second-order valence-corrected chi connectivity index (χ2v) is 4.96. The summed E-state index contributed by atoms with van der Waals surface area (Å²) in [6.07, 6.45) is 0. The average molecular weight is 297 g/mol. The Kier molecular flexibility index (Phi) is 3.55. The van der Waals surface area contributed by atoms with E-state index in [2.05, 4.69) is 0 Å². The highest BCUT2D eigenvalue weighted by atomic mass is 16.5. The van der Waals surface area contributed by atoms with E-state index in [4.69, 9.17) is 9.47 Å². The lowest BCUT2D eigenvalue weighted by Crippen LogP contribution is -2.29. The van der Waals surface area contributed by atoms with Gasteiger partial charge in [-0.3, -0.25) is 14.5 Å². The van der Waals surface area contributed by atoms with Crippen molar-refractivity contribution < 1.29 is 19.1 Å². The van der Waals surface area contributed by atoms with Crippen molar-refractivity contribution in [1.29, 1.82) is 0 Å². The maximum Gasteiger partial charge on any atom is 0.261 e. The van der Waals surface area contributed by atoms with Crippen molar-refractivity contribution in [2.45, 2.75) is 6.54 Å². The monoisotopic (exact) mass is 297 g/mol. The first-order valence-corrected chi connectivity index (χ1v) is 6.81. The van der Waals surface area contributed by atoms with Crippen molar-refractivity contribution in [1.82, 2.24) is 4.90 Å². The van der Waals surface area contributed by atoms with E-state index in [0.29, 0.717) is 22.6 Å². The van der Waals surface area contributed by atoms with Gasteiger partial charge in [0.2, 0.25) is 0 Å². The number of carbonyl (C=O) groups excluding carboxylic acids is 2. The average Bonchev–Trinajstić information content (AvgIpc) is 2.80. The SMILES string of the molecule is COc1cc(CN2C(=O)c3ccccc3C2=O)cc(OC)c1. The zero-order valence-corrected chi connectivity index (χ0v) is 12.3. The molecule has 0 bridgehead atoms. The molecule has 5 nitrogen and oxygen atoms in total. The number of benzene rings is 2. The van der Waals surface area contributed by atoms with E-state index in [0.717, 1.165) is 5.56 Å². The van der Waals surface area contributed by atoms with E-state index in [-0.39, 0.29) is 18.4 Å². The fourth-order valence-corrected chi connectivity index (χ4v) is 2.52. The standard InChI is InChI=1S/C17H15NO4/c1-21-12-7-11(8-13(9-12)22-2)10-18-16(19)14-5-3-4-6-15(14)17(18)20/h3-9H,10H2,1-2H3. The highest BCUT2D eigenvalue weighted by Gasteiger charge is 2.35. The van der Waals surface area contributed by atoms with Crippen LogP contribution in [-0.4, -0.2) is 30.9 Å². The molecule has 0 atom stereocenters. The van der Waals surface area contributed by atoms with Gasteiger partial charge in [0, 0.05) is 6.07 Å². The second kappa shape index (κ2) is 5.52. The van der Waals surface area contributed by atoms with Crippen molar-refractivity contribution in [3.63, 3.8) is 0 Å². The van der Waals surface area contributed by atoms with Crippen molar-refractivity contribution in [3.8, 4) is 11.5 Å². The molecule has 1 heterocycles. The summed E-state index contributed by atoms with van der Waals surface area (Å²) in [5, 5.41) is 0. The molecule has 2 amide bonds. The van der Waals surface area contributed by atoms with Gasteiger partial charge < -0.3 is 9.47 Å². The summed E-state index contributed by atoms with van der Waals surface area (Å²) >= 11 is 0. The predicted molar refractivity (Wildman–Crippen MR) is 80.2 cm³/mol. The molecule has 2 aromatic carbocycles. The molecule has 112 valence electrons. The maximum absolute atomic E-state index is 12.4. The summed E-state index contributed by atoms with van der Waals surface area (Å²) in [6.45, 7) is 0.180. The molecule has 0 N–H and O–H groups in total. The Bertz CT molecular complexity index is 697. The van der Waals surface area contributed by atoms with Gasteiger partial charge in [0.25, 0.3) is 11.8 Å². The lowest BCUT2D eigenvalue weighted by atomic mass is 10.1. The number of fused-ring (bicyclic) bond motifs is 1. The van der Waals surface area contributed by atoms with Crippen LogP contribution in [0.3, 0.4) is 0 Å². The van der Waals surface area contributed by atoms with Gasteiger partial charge in [0.05, 0.1) is 31.9 Å². The molecule has 0 saturated carbocycles. The van der Waals surface area contributed by atoms with Crippen LogP contribution in [0.25, 0.3) is 0 Å². The number of hydrogen-bond acceptors (Lipinski definition) is 4. The van der Waals surface area contributed by atoms with Gasteiger partial charge in [-0.25, -0.2) is 0 Å². The topological polar surface area (TPSA) is 55.8 Å². The molecule has 1 aliphatic heterocycles. The van der Waals surface area contributed by atoms with E-state index in [9.17, 15) is 9.59 Å². The molecule has 0 aliphatic carbocycles. The highest BCUT2D eigenvalue weighted by molar-refractivity contribution is 6.21. The molecule has 1 aliphatic rings. The third kappa shape index (κ3) is 2.30. The number of imide groups is 1. The van der Waals surface area contributed by atoms with Crippen LogP contribution in [0.4, 0.5) is 0 Å². The minimum Gasteiger partial charge on any atom is -0.497 e. The number of hydrogen-bond donors (Lipinski definition) is 0. The van der Waals surface area contributed by atoms with Crippen LogP contribution in [0.2, 0.25) is 0 Å². The van der Waals surface area contributed by atoms with Crippen LogP contribution in [0.1, 0.15) is 26.3 Å². The van der Waals surface area contributed by atoms with E-state index in [1.807, 2.05) is 0 Å². The van der Waals surface area contributed by atoms with Crippen LogP contribution >= 0.6 is 0 Å². The first kappa shape index (κ1) is 14.1. The van der Waals surface area contributed by atoms with Crippen LogP contribution < -0.4 is 9.47 Å². The van der Waals surface area contributed by atoms with Gasteiger partial charge >= 0.3 is 0 Å². The Morgan fingerprint density at radius 1 is 0.864 bits per heavy atom. The first-order chi connectivity index (χ1) is 10.6. The van der Waals surface area contributed by atoms with Crippen molar-refractivity contribution in [2.75, 3.05) is 14.2 Å². The molecule has 0 aromatic heterocycles. The van der Waals surface area contributed by atoms with Crippen molar-refractivity contribution in [2.24, 2.45) is 0 Å². The Labute approximate surface area is 128 Å². The quantitative estimate of drug-likeness (QED) is 0.814. The maximum atomic E-state index is 12.4. The zero-order valence-electron chi connectivity index (χ0n) is 12.3. The van der Waals surface area contributed by atoms with E-state index in [1.165, 1.54) is 4.90 Å². The molecule has 3 rings (SSSR count). The van der Waals surface area contributed by atoms with Gasteiger partial charge in [-0.1, -0.05) is 12.1 Å². The molecule has 22 heavy (non-hydrogen) atoms. The van der Waals surface area contributed by atoms with Crippen molar-refractivity contribution in [3.05, 3.63) is 59.2 Å². The van der Waals surface area contributed by atoms with Gasteiger partial charge in [0.1, 0.15) is 11.5 Å². The lowest BCUT2D eigenvalue weighted by molar-refractivity contribution is 0.0642. The number of rotatable bonds is 4. The molecule has 0 radical (unpaired) electrons. The lowest BCUT2D eigenvalue weighted by Gasteiger charge is -2.15. The summed E-state index contributed by atoms with van der Waals surface area (Å²) in [4.78, 5) is 26.0.